The number of benzene rings is 2. The number of likely N-dealkylation sites (tertiary alicyclic amines) is 1. The number of aromatic nitrogens is 1. The SMILES string of the molecule is CCc1cc2c(cc1NC(=O)N1CCC(N3CCOCC3)CC1)C(C)(C)c1[nH]c3cc(C#N)ccc3c1C2=O. The van der Waals surface area contributed by atoms with E-state index in [-0.39, 0.29) is 11.8 Å². The van der Waals surface area contributed by atoms with Crippen LogP contribution < -0.4 is 5.32 Å². The maximum absolute atomic E-state index is 13.8. The molecule has 202 valence electrons. The van der Waals surface area contributed by atoms with Gasteiger partial charge in [-0.15, -0.1) is 0 Å². The number of hydrogen-bond donors (Lipinski definition) is 2. The van der Waals surface area contributed by atoms with Crippen molar-refractivity contribution in [2.24, 2.45) is 0 Å². The third kappa shape index (κ3) is 4.30. The molecule has 6 rings (SSSR count). The average Bonchev–Trinajstić information content (AvgIpc) is 3.36. The van der Waals surface area contributed by atoms with E-state index in [2.05, 4.69) is 35.1 Å². The fraction of sp³-hybridized carbons (Fsp3) is 0.452. The zero-order valence-electron chi connectivity index (χ0n) is 22.9. The van der Waals surface area contributed by atoms with Gasteiger partial charge in [-0.1, -0.05) is 26.8 Å². The first-order valence-electron chi connectivity index (χ1n) is 14.0. The molecule has 2 aromatic carbocycles. The van der Waals surface area contributed by atoms with Gasteiger partial charge in [-0.25, -0.2) is 4.79 Å². The highest BCUT2D eigenvalue weighted by Gasteiger charge is 2.40. The predicted molar refractivity (Wildman–Crippen MR) is 150 cm³/mol. The number of fused-ring (bicyclic) bond motifs is 4. The lowest BCUT2D eigenvalue weighted by Gasteiger charge is -2.40. The van der Waals surface area contributed by atoms with Crippen molar-refractivity contribution >= 4 is 28.4 Å². The Bertz CT molecular complexity index is 1500. The summed E-state index contributed by atoms with van der Waals surface area (Å²) in [6.07, 6.45) is 2.63. The second-order valence-electron chi connectivity index (χ2n) is 11.4. The van der Waals surface area contributed by atoms with Crippen LogP contribution in [-0.4, -0.2) is 72.0 Å². The van der Waals surface area contributed by atoms with Gasteiger partial charge < -0.3 is 19.9 Å². The second-order valence-corrected chi connectivity index (χ2v) is 11.4. The molecule has 2 saturated heterocycles. The minimum atomic E-state index is -0.493. The molecule has 39 heavy (non-hydrogen) atoms. The lowest BCUT2D eigenvalue weighted by atomic mass is 9.70. The van der Waals surface area contributed by atoms with E-state index in [1.165, 1.54) is 0 Å². The molecule has 2 aliphatic heterocycles. The van der Waals surface area contributed by atoms with Crippen LogP contribution in [0.4, 0.5) is 10.5 Å². The van der Waals surface area contributed by atoms with E-state index in [1.807, 2.05) is 30.0 Å². The Labute approximate surface area is 228 Å². The molecular formula is C31H35N5O3. The quantitative estimate of drug-likeness (QED) is 0.512. The van der Waals surface area contributed by atoms with Crippen molar-refractivity contribution in [2.75, 3.05) is 44.7 Å². The Morgan fingerprint density at radius 2 is 1.90 bits per heavy atom. The molecular weight excluding hydrogens is 490 g/mol. The van der Waals surface area contributed by atoms with Crippen LogP contribution in [0.2, 0.25) is 0 Å². The fourth-order valence-electron chi connectivity index (χ4n) is 6.57. The van der Waals surface area contributed by atoms with E-state index in [0.29, 0.717) is 29.2 Å². The first-order chi connectivity index (χ1) is 18.8. The monoisotopic (exact) mass is 525 g/mol. The molecule has 0 saturated carbocycles. The van der Waals surface area contributed by atoms with Gasteiger partial charge in [0.2, 0.25) is 0 Å². The minimum absolute atomic E-state index is 0.0203. The number of aryl methyl sites for hydroxylation is 1. The first-order valence-corrected chi connectivity index (χ1v) is 14.0. The number of ether oxygens (including phenoxy) is 1. The summed E-state index contributed by atoms with van der Waals surface area (Å²) in [6, 6.07) is 12.0. The second kappa shape index (κ2) is 9.82. The molecule has 0 radical (unpaired) electrons. The van der Waals surface area contributed by atoms with E-state index < -0.39 is 5.41 Å². The van der Waals surface area contributed by atoms with Crippen LogP contribution in [0, 0.1) is 11.3 Å². The summed E-state index contributed by atoms with van der Waals surface area (Å²) in [5.41, 5.74) is 5.66. The molecule has 3 aromatic rings. The molecule has 0 bridgehead atoms. The highest BCUT2D eigenvalue weighted by Crippen LogP contribution is 2.45. The summed E-state index contributed by atoms with van der Waals surface area (Å²) in [5, 5.41) is 13.4. The van der Waals surface area contributed by atoms with Gasteiger partial charge in [0.05, 0.1) is 30.4 Å². The zero-order valence-corrected chi connectivity index (χ0v) is 22.9. The van der Waals surface area contributed by atoms with Crippen molar-refractivity contribution in [3.63, 3.8) is 0 Å². The molecule has 2 amide bonds. The lowest BCUT2D eigenvalue weighted by Crippen LogP contribution is -2.50. The van der Waals surface area contributed by atoms with Gasteiger partial charge >= 0.3 is 6.03 Å². The number of nitriles is 1. The van der Waals surface area contributed by atoms with Crippen LogP contribution in [0.15, 0.2) is 30.3 Å². The maximum atomic E-state index is 13.8. The van der Waals surface area contributed by atoms with Gasteiger partial charge in [0, 0.05) is 65.5 Å². The van der Waals surface area contributed by atoms with E-state index in [9.17, 15) is 14.9 Å². The third-order valence-electron chi connectivity index (χ3n) is 8.88. The van der Waals surface area contributed by atoms with Gasteiger partial charge in [0.25, 0.3) is 0 Å². The smallest absolute Gasteiger partial charge is 0.321 e. The molecule has 0 spiro atoms. The van der Waals surface area contributed by atoms with Gasteiger partial charge in [-0.05, 0) is 54.7 Å². The number of aromatic amines is 1. The zero-order chi connectivity index (χ0) is 27.3. The van der Waals surface area contributed by atoms with Crippen LogP contribution in [0.1, 0.15) is 71.9 Å². The van der Waals surface area contributed by atoms with Crippen LogP contribution in [0.25, 0.3) is 10.9 Å². The van der Waals surface area contributed by atoms with Gasteiger partial charge in [0.15, 0.2) is 5.78 Å². The Morgan fingerprint density at radius 3 is 2.59 bits per heavy atom. The number of ketones is 1. The topological polar surface area (TPSA) is 101 Å². The minimum Gasteiger partial charge on any atom is -0.379 e. The highest BCUT2D eigenvalue weighted by atomic mass is 16.5. The average molecular weight is 526 g/mol. The molecule has 1 aliphatic carbocycles. The molecule has 3 heterocycles. The molecule has 8 nitrogen and oxygen atoms in total. The van der Waals surface area contributed by atoms with Crippen molar-refractivity contribution in [3.8, 4) is 6.07 Å². The highest BCUT2D eigenvalue weighted by molar-refractivity contribution is 6.20. The van der Waals surface area contributed by atoms with Crippen molar-refractivity contribution in [2.45, 2.75) is 51.5 Å². The standard InChI is InChI=1S/C31H35N5O3/c1-4-20-16-23-24(31(2,3)29-27(28(23)37)22-6-5-19(18-32)15-26(22)33-29)17-25(20)34-30(38)36-9-7-21(8-10-36)35-11-13-39-14-12-35/h5-6,15-17,21,33H,4,7-14H2,1-3H3,(H,34,38). The number of carbonyl (C=O) groups is 2. The number of morpholine rings is 1. The van der Waals surface area contributed by atoms with Crippen LogP contribution >= 0.6 is 0 Å². The van der Waals surface area contributed by atoms with Crippen molar-refractivity contribution in [1.29, 1.82) is 5.26 Å². The lowest BCUT2D eigenvalue weighted by molar-refractivity contribution is 0.00419. The van der Waals surface area contributed by atoms with E-state index in [4.69, 9.17) is 4.74 Å². The fourth-order valence-corrected chi connectivity index (χ4v) is 6.57. The molecule has 2 fully saturated rings. The summed E-state index contributed by atoms with van der Waals surface area (Å²) < 4.78 is 5.49. The Balaban J connectivity index is 1.27. The van der Waals surface area contributed by atoms with Crippen molar-refractivity contribution < 1.29 is 14.3 Å². The number of piperidine rings is 1. The number of carbonyl (C=O) groups excluding carboxylic acids is 2. The number of anilines is 1. The Morgan fingerprint density at radius 1 is 1.15 bits per heavy atom. The van der Waals surface area contributed by atoms with Crippen LogP contribution in [-0.2, 0) is 16.6 Å². The van der Waals surface area contributed by atoms with E-state index in [1.54, 1.807) is 12.1 Å². The van der Waals surface area contributed by atoms with E-state index >= 15 is 0 Å². The number of hydrogen-bond acceptors (Lipinski definition) is 5. The molecule has 0 unspecified atom stereocenters. The van der Waals surface area contributed by atoms with Gasteiger partial charge in [-0.2, -0.15) is 5.26 Å². The Kier molecular flexibility index (Phi) is 6.44. The summed E-state index contributed by atoms with van der Waals surface area (Å²) in [5.74, 6) is -0.0203. The number of H-pyrrole nitrogens is 1. The Hall–Kier alpha value is -3.67. The normalized spacial score (nSPS) is 19.4. The maximum Gasteiger partial charge on any atom is 0.321 e. The number of rotatable bonds is 3. The summed E-state index contributed by atoms with van der Waals surface area (Å²) in [7, 11) is 0. The molecule has 8 heteroatoms. The molecule has 2 N–H and O–H groups in total. The molecule has 1 aromatic heterocycles. The van der Waals surface area contributed by atoms with Crippen molar-refractivity contribution in [1.82, 2.24) is 14.8 Å². The third-order valence-corrected chi connectivity index (χ3v) is 8.88. The first kappa shape index (κ1) is 25.6. The number of urea groups is 1. The van der Waals surface area contributed by atoms with Crippen LogP contribution in [0.5, 0.6) is 0 Å². The molecule has 0 atom stereocenters. The van der Waals surface area contributed by atoms with Crippen LogP contribution in [0.3, 0.4) is 0 Å². The predicted octanol–water partition coefficient (Wildman–Crippen LogP) is 4.80. The van der Waals surface area contributed by atoms with Gasteiger partial charge in [0.1, 0.15) is 0 Å². The molecule has 3 aliphatic rings. The number of amides is 2. The van der Waals surface area contributed by atoms with Crippen molar-refractivity contribution in [3.05, 3.63) is 63.8 Å². The summed E-state index contributed by atoms with van der Waals surface area (Å²) >= 11 is 0. The number of nitrogens with zero attached hydrogens (tertiary/aromatic N) is 3. The summed E-state index contributed by atoms with van der Waals surface area (Å²) in [4.78, 5) is 35.1. The van der Waals surface area contributed by atoms with Gasteiger partial charge in [-0.3, -0.25) is 9.69 Å². The summed E-state index contributed by atoms with van der Waals surface area (Å²) in [6.45, 7) is 11.2. The largest absolute Gasteiger partial charge is 0.379 e. The van der Waals surface area contributed by atoms with E-state index in [0.717, 1.165) is 85.6 Å². The number of nitrogens with one attached hydrogen (secondary N) is 2.